The number of benzene rings is 2. The first-order valence-corrected chi connectivity index (χ1v) is 9.27. The Morgan fingerprint density at radius 3 is 2.77 bits per heavy atom. The zero-order valence-corrected chi connectivity index (χ0v) is 16.7. The molecule has 30 heavy (non-hydrogen) atoms. The van der Waals surface area contributed by atoms with Crippen molar-refractivity contribution in [2.75, 3.05) is 32.6 Å². The number of hydrogen-bond acceptors (Lipinski definition) is 5. The van der Waals surface area contributed by atoms with Gasteiger partial charge < -0.3 is 20.7 Å². The van der Waals surface area contributed by atoms with E-state index >= 15 is 0 Å². The van der Waals surface area contributed by atoms with Crippen molar-refractivity contribution in [2.45, 2.75) is 6.04 Å². The van der Waals surface area contributed by atoms with Crippen molar-refractivity contribution in [3.63, 3.8) is 0 Å². The summed E-state index contributed by atoms with van der Waals surface area (Å²) in [5, 5.41) is 9.06. The van der Waals surface area contributed by atoms with E-state index in [1.54, 1.807) is 12.3 Å². The van der Waals surface area contributed by atoms with Crippen LogP contribution in [0.2, 0.25) is 0 Å². The van der Waals surface area contributed by atoms with Crippen LogP contribution in [0.15, 0.2) is 48.8 Å². The molecule has 1 amide bonds. The van der Waals surface area contributed by atoms with E-state index in [9.17, 15) is 13.6 Å². The van der Waals surface area contributed by atoms with Crippen molar-refractivity contribution in [2.24, 2.45) is 5.73 Å². The molecular weight excluding hydrogens is 392 g/mol. The molecule has 158 valence electrons. The molecule has 0 aliphatic rings. The third kappa shape index (κ3) is 5.19. The van der Waals surface area contributed by atoms with Gasteiger partial charge in [-0.1, -0.05) is 12.1 Å². The van der Waals surface area contributed by atoms with Crippen molar-refractivity contribution in [1.82, 2.24) is 15.1 Å². The number of ether oxygens (including phenoxy) is 1. The van der Waals surface area contributed by atoms with E-state index < -0.39 is 23.6 Å². The summed E-state index contributed by atoms with van der Waals surface area (Å²) in [7, 11) is 3.79. The van der Waals surface area contributed by atoms with E-state index in [-0.39, 0.29) is 17.0 Å². The summed E-state index contributed by atoms with van der Waals surface area (Å²) in [5.41, 5.74) is 7.21. The van der Waals surface area contributed by atoms with Gasteiger partial charge in [-0.05, 0) is 37.9 Å². The number of hydrogen-bond donors (Lipinski definition) is 3. The Kier molecular flexibility index (Phi) is 6.76. The van der Waals surface area contributed by atoms with Crippen molar-refractivity contribution in [3.05, 3.63) is 66.0 Å². The van der Waals surface area contributed by atoms with Crippen LogP contribution in [0.1, 0.15) is 11.6 Å². The first kappa shape index (κ1) is 21.4. The van der Waals surface area contributed by atoms with Crippen LogP contribution in [0.4, 0.5) is 14.5 Å². The lowest BCUT2D eigenvalue weighted by Gasteiger charge is -2.18. The number of nitrogens with two attached hydrogens (primary N) is 1. The van der Waals surface area contributed by atoms with E-state index in [1.165, 1.54) is 36.5 Å². The van der Waals surface area contributed by atoms with Crippen LogP contribution in [-0.4, -0.2) is 48.3 Å². The van der Waals surface area contributed by atoms with E-state index in [2.05, 4.69) is 15.5 Å². The zero-order valence-electron chi connectivity index (χ0n) is 16.7. The minimum atomic E-state index is -1.13. The number of aromatic amines is 1. The normalized spacial score (nSPS) is 12.1. The van der Waals surface area contributed by atoms with Gasteiger partial charge in [-0.15, -0.1) is 0 Å². The van der Waals surface area contributed by atoms with Gasteiger partial charge in [-0.25, -0.2) is 8.78 Å². The number of anilines is 1. The highest BCUT2D eigenvalue weighted by Crippen LogP contribution is 2.34. The number of aromatic nitrogens is 2. The average molecular weight is 415 g/mol. The summed E-state index contributed by atoms with van der Waals surface area (Å²) < 4.78 is 34.0. The zero-order chi connectivity index (χ0) is 21.7. The molecule has 0 radical (unpaired) electrons. The van der Waals surface area contributed by atoms with Crippen molar-refractivity contribution in [1.29, 1.82) is 0 Å². The molecular formula is C21H23F2N5O2. The smallest absolute Gasteiger partial charge is 0.245 e. The summed E-state index contributed by atoms with van der Waals surface area (Å²) in [4.78, 5) is 14.6. The molecule has 4 N–H and O–H groups in total. The van der Waals surface area contributed by atoms with Crippen LogP contribution in [0.3, 0.4) is 0 Å². The average Bonchev–Trinajstić information content (AvgIpc) is 3.23. The molecule has 1 atom stereocenters. The number of amides is 1. The third-order valence-electron chi connectivity index (χ3n) is 4.42. The second-order valence-corrected chi connectivity index (χ2v) is 6.99. The lowest BCUT2D eigenvalue weighted by molar-refractivity contribution is -0.117. The summed E-state index contributed by atoms with van der Waals surface area (Å²) in [5.74, 6) is -1.40. The van der Waals surface area contributed by atoms with Gasteiger partial charge in [0.2, 0.25) is 5.91 Å². The van der Waals surface area contributed by atoms with E-state index in [4.69, 9.17) is 10.5 Å². The highest BCUT2D eigenvalue weighted by atomic mass is 19.1. The predicted octanol–water partition coefficient (Wildman–Crippen LogP) is 2.93. The fourth-order valence-corrected chi connectivity index (χ4v) is 2.79. The molecule has 1 unspecified atom stereocenters. The summed E-state index contributed by atoms with van der Waals surface area (Å²) in [6.45, 7) is 0.941. The molecule has 3 aromatic rings. The highest BCUT2D eigenvalue weighted by Gasteiger charge is 2.20. The van der Waals surface area contributed by atoms with E-state index in [0.717, 1.165) is 0 Å². The number of carbonyl (C=O) groups is 1. The number of nitrogens with one attached hydrogen (secondary N) is 2. The molecule has 0 saturated carbocycles. The van der Waals surface area contributed by atoms with Crippen molar-refractivity contribution >= 4 is 11.6 Å². The van der Waals surface area contributed by atoms with Crippen LogP contribution >= 0.6 is 0 Å². The van der Waals surface area contributed by atoms with Gasteiger partial charge in [0.1, 0.15) is 30.0 Å². The molecule has 0 saturated heterocycles. The number of H-pyrrole nitrogens is 1. The molecule has 3 rings (SSSR count). The van der Waals surface area contributed by atoms with Crippen molar-refractivity contribution < 1.29 is 18.3 Å². The molecule has 1 aromatic heterocycles. The lowest BCUT2D eigenvalue weighted by atomic mass is 10.1. The molecule has 0 aliphatic carbocycles. The fourth-order valence-electron chi connectivity index (χ4n) is 2.79. The van der Waals surface area contributed by atoms with Crippen LogP contribution in [0, 0.1) is 11.6 Å². The van der Waals surface area contributed by atoms with Gasteiger partial charge in [0.05, 0.1) is 11.9 Å². The molecule has 2 aromatic carbocycles. The SMILES string of the molecule is CN(C)CCOc1cc(-c2cn[nH]c2)c(F)cc1NC(=O)C(N)c1cccc(F)c1. The largest absolute Gasteiger partial charge is 0.490 e. The summed E-state index contributed by atoms with van der Waals surface area (Å²) in [6.07, 6.45) is 3.04. The third-order valence-corrected chi connectivity index (χ3v) is 4.42. The van der Waals surface area contributed by atoms with Crippen LogP contribution in [-0.2, 0) is 4.79 Å². The molecule has 0 aliphatic heterocycles. The second-order valence-electron chi connectivity index (χ2n) is 6.99. The molecule has 0 bridgehead atoms. The Morgan fingerprint density at radius 2 is 2.10 bits per heavy atom. The maximum Gasteiger partial charge on any atom is 0.245 e. The predicted molar refractivity (Wildman–Crippen MR) is 110 cm³/mol. The van der Waals surface area contributed by atoms with Crippen LogP contribution in [0.5, 0.6) is 5.75 Å². The Hall–Kier alpha value is -3.30. The van der Waals surface area contributed by atoms with Gasteiger partial charge in [-0.3, -0.25) is 9.89 Å². The monoisotopic (exact) mass is 415 g/mol. The minimum Gasteiger partial charge on any atom is -0.490 e. The molecule has 9 heteroatoms. The fraction of sp³-hybridized carbons (Fsp3) is 0.238. The first-order chi connectivity index (χ1) is 14.3. The summed E-state index contributed by atoms with van der Waals surface area (Å²) >= 11 is 0. The number of rotatable bonds is 8. The van der Waals surface area contributed by atoms with Crippen LogP contribution in [0.25, 0.3) is 11.1 Å². The quantitative estimate of drug-likeness (QED) is 0.526. The maximum atomic E-state index is 14.7. The van der Waals surface area contributed by atoms with E-state index in [0.29, 0.717) is 24.3 Å². The van der Waals surface area contributed by atoms with Gasteiger partial charge in [0.25, 0.3) is 0 Å². The van der Waals surface area contributed by atoms with Crippen molar-refractivity contribution in [3.8, 4) is 16.9 Å². The Balaban J connectivity index is 1.87. The van der Waals surface area contributed by atoms with Gasteiger partial charge in [0, 0.05) is 29.9 Å². The maximum absolute atomic E-state index is 14.7. The van der Waals surface area contributed by atoms with E-state index in [1.807, 2.05) is 19.0 Å². The number of nitrogens with zero attached hydrogens (tertiary/aromatic N) is 2. The second kappa shape index (κ2) is 9.47. The molecule has 1 heterocycles. The first-order valence-electron chi connectivity index (χ1n) is 9.27. The highest BCUT2D eigenvalue weighted by molar-refractivity contribution is 5.97. The molecule has 0 spiro atoms. The Bertz CT molecular complexity index is 1010. The summed E-state index contributed by atoms with van der Waals surface area (Å²) in [6, 6.07) is 6.99. The number of halogens is 2. The minimum absolute atomic E-state index is 0.135. The molecule has 0 fully saturated rings. The topological polar surface area (TPSA) is 96.3 Å². The lowest BCUT2D eigenvalue weighted by Crippen LogP contribution is -2.28. The van der Waals surface area contributed by atoms with Gasteiger partial charge in [-0.2, -0.15) is 5.10 Å². The number of likely N-dealkylation sites (N-methyl/N-ethyl adjacent to an activating group) is 1. The van der Waals surface area contributed by atoms with Gasteiger partial charge >= 0.3 is 0 Å². The number of carbonyl (C=O) groups excluding carboxylic acids is 1. The Labute approximate surface area is 172 Å². The standard InChI is InChI=1S/C21H23F2N5O2/c1-28(2)6-7-30-19-9-16(14-11-25-26-12-14)17(23)10-18(19)27-21(29)20(24)13-4-3-5-15(22)8-13/h3-5,8-12,20H,6-7,24H2,1-2H3,(H,25,26)(H,27,29). The van der Waals surface area contributed by atoms with Crippen LogP contribution < -0.4 is 15.8 Å². The van der Waals surface area contributed by atoms with Gasteiger partial charge in [0.15, 0.2) is 0 Å². The Morgan fingerprint density at radius 1 is 1.30 bits per heavy atom. The molecule has 7 nitrogen and oxygen atoms in total.